The van der Waals surface area contributed by atoms with Gasteiger partial charge in [-0.15, -0.1) is 0 Å². The van der Waals surface area contributed by atoms with Gasteiger partial charge in [-0.2, -0.15) is 0 Å². The van der Waals surface area contributed by atoms with E-state index in [1.165, 1.54) is 37.0 Å². The number of carbonyl (C=O) groups excluding carboxylic acids is 1. The number of H-pyrrole nitrogens is 1. The van der Waals surface area contributed by atoms with Crippen LogP contribution >= 0.6 is 0 Å². The molecule has 0 radical (unpaired) electrons. The summed E-state index contributed by atoms with van der Waals surface area (Å²) in [5.41, 5.74) is 5.58. The zero-order valence-electron chi connectivity index (χ0n) is 25.4. The number of hydrogen-bond acceptors (Lipinski definition) is 4. The summed E-state index contributed by atoms with van der Waals surface area (Å²) >= 11 is 0. The predicted octanol–water partition coefficient (Wildman–Crippen LogP) is 6.89. The second-order valence-corrected chi connectivity index (χ2v) is 13.5. The molecule has 3 aromatic heterocycles. The minimum atomic E-state index is -0.427. The van der Waals surface area contributed by atoms with Gasteiger partial charge in [0.15, 0.2) is 0 Å². The number of piperidine rings is 1. The molecule has 1 atom stereocenters. The molecule has 1 aromatic carbocycles. The fraction of sp³-hybridized carbons (Fsp3) is 0.472. The Balaban J connectivity index is 1.25. The van der Waals surface area contributed by atoms with Crippen LogP contribution in [0, 0.1) is 5.82 Å². The van der Waals surface area contributed by atoms with E-state index in [4.69, 9.17) is 4.98 Å². The highest BCUT2D eigenvalue weighted by atomic mass is 19.1. The van der Waals surface area contributed by atoms with Crippen molar-refractivity contribution >= 4 is 16.8 Å². The first-order chi connectivity index (χ1) is 21.4. The molecule has 1 unspecified atom stereocenters. The van der Waals surface area contributed by atoms with Gasteiger partial charge in [0, 0.05) is 48.0 Å². The number of nitrogens with one attached hydrogen (secondary N) is 1. The highest BCUT2D eigenvalue weighted by Gasteiger charge is 2.31. The van der Waals surface area contributed by atoms with Crippen molar-refractivity contribution in [3.8, 4) is 16.9 Å². The minimum Gasteiger partial charge on any atom is -0.353 e. The largest absolute Gasteiger partial charge is 0.353 e. The molecule has 4 aromatic rings. The van der Waals surface area contributed by atoms with Crippen molar-refractivity contribution in [2.45, 2.75) is 89.1 Å². The minimum absolute atomic E-state index is 0.109. The van der Waals surface area contributed by atoms with Crippen LogP contribution in [0.5, 0.6) is 0 Å². The predicted molar refractivity (Wildman–Crippen MR) is 170 cm³/mol. The summed E-state index contributed by atoms with van der Waals surface area (Å²) in [6, 6.07) is 10.8. The van der Waals surface area contributed by atoms with E-state index in [1.54, 1.807) is 10.6 Å². The van der Waals surface area contributed by atoms with Crippen LogP contribution in [-0.2, 0) is 6.54 Å². The zero-order valence-corrected chi connectivity index (χ0v) is 25.4. The molecular formula is C36H40FN5O2. The first-order valence-electron chi connectivity index (χ1n) is 16.6. The number of aromatic nitrogens is 3. The highest BCUT2D eigenvalue weighted by Crippen LogP contribution is 2.44. The van der Waals surface area contributed by atoms with Gasteiger partial charge in [0.2, 0.25) is 0 Å². The highest BCUT2D eigenvalue weighted by molar-refractivity contribution is 6.01. The number of likely N-dealkylation sites (tertiary alicyclic amines) is 2. The van der Waals surface area contributed by atoms with Crippen molar-refractivity contribution in [1.29, 1.82) is 0 Å². The van der Waals surface area contributed by atoms with Crippen LogP contribution in [0.25, 0.3) is 27.8 Å². The summed E-state index contributed by atoms with van der Waals surface area (Å²) in [7, 11) is 0. The number of amides is 1. The maximum atomic E-state index is 14.6. The van der Waals surface area contributed by atoms with Gasteiger partial charge in [-0.1, -0.05) is 12.5 Å². The first-order valence-corrected chi connectivity index (χ1v) is 16.6. The molecule has 7 nitrogen and oxygen atoms in total. The fourth-order valence-electron chi connectivity index (χ4n) is 7.37. The summed E-state index contributed by atoms with van der Waals surface area (Å²) < 4.78 is 16.3. The molecule has 44 heavy (non-hydrogen) atoms. The van der Waals surface area contributed by atoms with Gasteiger partial charge in [-0.3, -0.25) is 19.1 Å². The summed E-state index contributed by atoms with van der Waals surface area (Å²) in [5, 5.41) is 1.03. The molecule has 2 aliphatic carbocycles. The van der Waals surface area contributed by atoms with E-state index >= 15 is 0 Å². The molecule has 2 aliphatic heterocycles. The van der Waals surface area contributed by atoms with Crippen LogP contribution in [0.15, 0.2) is 47.4 Å². The lowest BCUT2D eigenvalue weighted by Crippen LogP contribution is -2.34. The van der Waals surface area contributed by atoms with Crippen LogP contribution in [-0.4, -0.2) is 55.9 Å². The summed E-state index contributed by atoms with van der Waals surface area (Å²) in [4.78, 5) is 40.8. The summed E-state index contributed by atoms with van der Waals surface area (Å²) in [6.07, 6.45) is 12.0. The Morgan fingerprint density at radius 1 is 0.955 bits per heavy atom. The Labute approximate surface area is 257 Å². The molecule has 5 heterocycles. The van der Waals surface area contributed by atoms with Gasteiger partial charge in [0.25, 0.3) is 11.5 Å². The third-order valence-electron chi connectivity index (χ3n) is 10.2. The molecule has 4 fully saturated rings. The van der Waals surface area contributed by atoms with Gasteiger partial charge < -0.3 is 9.88 Å². The smallest absolute Gasteiger partial charge is 0.280 e. The number of carbonyl (C=O) groups is 1. The van der Waals surface area contributed by atoms with Gasteiger partial charge >= 0.3 is 0 Å². The maximum absolute atomic E-state index is 14.6. The van der Waals surface area contributed by atoms with Gasteiger partial charge in [-0.25, -0.2) is 9.37 Å². The molecule has 228 valence electrons. The van der Waals surface area contributed by atoms with Gasteiger partial charge in [0.05, 0.1) is 5.56 Å². The number of rotatable bonds is 7. The van der Waals surface area contributed by atoms with E-state index in [1.807, 2.05) is 23.2 Å². The van der Waals surface area contributed by atoms with Gasteiger partial charge in [0.1, 0.15) is 17.2 Å². The Kier molecular flexibility index (Phi) is 6.93. The maximum Gasteiger partial charge on any atom is 0.280 e. The van der Waals surface area contributed by atoms with Gasteiger partial charge in [-0.05, 0) is 124 Å². The zero-order chi connectivity index (χ0) is 29.9. The lowest BCUT2D eigenvalue weighted by molar-refractivity contribution is 0.0747. The standard InChI is InChI=1S/C36H40FN5O2/c1-22-6-5-15-41(22)35(43)30-18-26(37)11-12-28(30)25-16-32(24-9-10-24)39-33(17-25)42-21-31(23-7-8-23)29-19-27(38-34(29)36(42)44)20-40-13-3-2-4-14-40/h11-12,16-19,21-24,38H,2-10,13-15,20H2,1H3. The fourth-order valence-corrected chi connectivity index (χ4v) is 7.37. The lowest BCUT2D eigenvalue weighted by Gasteiger charge is -2.25. The Morgan fingerprint density at radius 3 is 2.48 bits per heavy atom. The number of fused-ring (bicyclic) bond motifs is 1. The van der Waals surface area contributed by atoms with Crippen molar-refractivity contribution in [2.75, 3.05) is 19.6 Å². The molecule has 8 rings (SSSR count). The second-order valence-electron chi connectivity index (χ2n) is 13.5. The van der Waals surface area contributed by atoms with E-state index in [2.05, 4.69) is 22.9 Å². The number of hydrogen-bond donors (Lipinski definition) is 1. The van der Waals surface area contributed by atoms with Crippen molar-refractivity contribution in [3.63, 3.8) is 0 Å². The average Bonchev–Trinajstić information content (AvgIpc) is 3.97. The van der Waals surface area contributed by atoms with Crippen LogP contribution in [0.4, 0.5) is 4.39 Å². The number of halogens is 1. The molecule has 2 saturated carbocycles. The lowest BCUT2D eigenvalue weighted by atomic mass is 9.97. The van der Waals surface area contributed by atoms with E-state index in [-0.39, 0.29) is 17.5 Å². The number of nitrogens with zero attached hydrogens (tertiary/aromatic N) is 4. The third kappa shape index (κ3) is 5.17. The Hall–Kier alpha value is -3.78. The number of pyridine rings is 2. The molecule has 0 spiro atoms. The molecule has 4 aliphatic rings. The molecule has 0 bridgehead atoms. The first kappa shape index (κ1) is 27.7. The number of aromatic amines is 1. The molecule has 2 saturated heterocycles. The summed E-state index contributed by atoms with van der Waals surface area (Å²) in [5.74, 6) is 0.762. The van der Waals surface area contributed by atoms with Crippen molar-refractivity contribution < 1.29 is 9.18 Å². The van der Waals surface area contributed by atoms with E-state index < -0.39 is 5.82 Å². The topological polar surface area (TPSA) is 74.2 Å². The third-order valence-corrected chi connectivity index (χ3v) is 10.2. The number of benzene rings is 1. The van der Waals surface area contributed by atoms with Crippen molar-refractivity contribution in [3.05, 3.63) is 81.3 Å². The SMILES string of the molecule is CC1CCCN1C(=O)c1cc(F)ccc1-c1cc(C2CC2)nc(-n2cc(C3CC3)c3cc(CN4CCCCC4)[nH]c3c2=O)c1. The molecule has 1 N–H and O–H groups in total. The van der Waals surface area contributed by atoms with Crippen LogP contribution in [0.2, 0.25) is 0 Å². The molecule has 1 amide bonds. The Morgan fingerprint density at radius 2 is 1.75 bits per heavy atom. The van der Waals surface area contributed by atoms with Crippen LogP contribution < -0.4 is 5.56 Å². The average molecular weight is 594 g/mol. The second kappa shape index (κ2) is 11.0. The van der Waals surface area contributed by atoms with E-state index in [0.717, 1.165) is 80.5 Å². The van der Waals surface area contributed by atoms with E-state index in [0.29, 0.717) is 40.8 Å². The van der Waals surface area contributed by atoms with Crippen molar-refractivity contribution in [2.24, 2.45) is 0 Å². The van der Waals surface area contributed by atoms with Crippen molar-refractivity contribution in [1.82, 2.24) is 24.3 Å². The Bertz CT molecular complexity index is 1810. The normalized spacial score (nSPS) is 21.0. The van der Waals surface area contributed by atoms with E-state index in [9.17, 15) is 14.0 Å². The van der Waals surface area contributed by atoms with Crippen LogP contribution in [0.3, 0.4) is 0 Å². The molecule has 8 heteroatoms. The molecular weight excluding hydrogens is 553 g/mol. The monoisotopic (exact) mass is 593 g/mol. The summed E-state index contributed by atoms with van der Waals surface area (Å²) in [6.45, 7) is 5.76. The quantitative estimate of drug-likeness (QED) is 0.253. The van der Waals surface area contributed by atoms with Crippen LogP contribution in [0.1, 0.15) is 104 Å².